The lowest BCUT2D eigenvalue weighted by Gasteiger charge is -2.24. The summed E-state index contributed by atoms with van der Waals surface area (Å²) in [6.45, 7) is 1.81. The maximum Gasteiger partial charge on any atom is 0.326 e. The number of furan rings is 1. The van der Waals surface area contributed by atoms with Gasteiger partial charge in [-0.15, -0.1) is 0 Å². The summed E-state index contributed by atoms with van der Waals surface area (Å²) in [5.41, 5.74) is 0.649. The van der Waals surface area contributed by atoms with Crippen LogP contribution in [0.3, 0.4) is 0 Å². The highest BCUT2D eigenvalue weighted by Crippen LogP contribution is 2.24. The van der Waals surface area contributed by atoms with Gasteiger partial charge in [-0.2, -0.15) is 0 Å². The van der Waals surface area contributed by atoms with Crippen molar-refractivity contribution in [2.45, 2.75) is 25.3 Å². The summed E-state index contributed by atoms with van der Waals surface area (Å²) >= 11 is 0. The standard InChI is InChI=1S/C16H16FNO4/c1-2-12(10-5-7-11(17)8-6-10)14(16(20)21)18-15(19)13-4-3-9-22-13/h3-9,12,14H,2H2,1H3,(H,18,19)(H,20,21). The topological polar surface area (TPSA) is 79.5 Å². The summed E-state index contributed by atoms with van der Waals surface area (Å²) in [4.78, 5) is 23.5. The Bertz CT molecular complexity index is 637. The second kappa shape index (κ2) is 6.89. The van der Waals surface area contributed by atoms with Crippen LogP contribution in [-0.2, 0) is 4.79 Å². The quantitative estimate of drug-likeness (QED) is 0.860. The molecule has 2 aromatic rings. The van der Waals surface area contributed by atoms with E-state index in [1.165, 1.54) is 36.6 Å². The molecule has 2 rings (SSSR count). The van der Waals surface area contributed by atoms with E-state index in [4.69, 9.17) is 4.42 Å². The first-order valence-corrected chi connectivity index (χ1v) is 6.85. The Hall–Kier alpha value is -2.63. The number of carbonyl (C=O) groups is 2. The van der Waals surface area contributed by atoms with E-state index in [-0.39, 0.29) is 5.76 Å². The van der Waals surface area contributed by atoms with Crippen LogP contribution in [0.15, 0.2) is 47.1 Å². The van der Waals surface area contributed by atoms with E-state index >= 15 is 0 Å². The highest BCUT2D eigenvalue weighted by molar-refractivity contribution is 5.94. The summed E-state index contributed by atoms with van der Waals surface area (Å²) in [6.07, 6.45) is 1.81. The third kappa shape index (κ3) is 3.52. The second-order valence-electron chi connectivity index (χ2n) is 4.83. The third-order valence-corrected chi connectivity index (χ3v) is 3.44. The lowest BCUT2D eigenvalue weighted by Crippen LogP contribution is -2.44. The molecule has 1 heterocycles. The Morgan fingerprint density at radius 1 is 1.27 bits per heavy atom. The van der Waals surface area contributed by atoms with Crippen LogP contribution in [0.1, 0.15) is 35.4 Å². The Morgan fingerprint density at radius 2 is 1.95 bits per heavy atom. The van der Waals surface area contributed by atoms with Gasteiger partial charge in [0.2, 0.25) is 0 Å². The molecule has 0 bridgehead atoms. The predicted octanol–water partition coefficient (Wildman–Crippen LogP) is 2.80. The van der Waals surface area contributed by atoms with Crippen LogP contribution in [0.4, 0.5) is 4.39 Å². The summed E-state index contributed by atoms with van der Waals surface area (Å²) in [7, 11) is 0. The molecule has 6 heteroatoms. The molecule has 116 valence electrons. The summed E-state index contributed by atoms with van der Waals surface area (Å²) in [6, 6.07) is 7.45. The van der Waals surface area contributed by atoms with Gasteiger partial charge in [-0.25, -0.2) is 9.18 Å². The molecular formula is C16H16FNO4. The molecule has 0 spiro atoms. The number of amides is 1. The fraction of sp³-hybridized carbons (Fsp3) is 0.250. The van der Waals surface area contributed by atoms with Gasteiger partial charge in [0.05, 0.1) is 6.26 Å². The minimum absolute atomic E-state index is 0.0419. The molecule has 2 atom stereocenters. The van der Waals surface area contributed by atoms with Gasteiger partial charge in [-0.1, -0.05) is 19.1 Å². The van der Waals surface area contributed by atoms with Crippen molar-refractivity contribution in [1.29, 1.82) is 0 Å². The van der Waals surface area contributed by atoms with Crippen molar-refractivity contribution in [3.63, 3.8) is 0 Å². The van der Waals surface area contributed by atoms with Gasteiger partial charge in [-0.05, 0) is 36.2 Å². The van der Waals surface area contributed by atoms with Crippen LogP contribution in [0.2, 0.25) is 0 Å². The van der Waals surface area contributed by atoms with E-state index in [1.807, 2.05) is 6.92 Å². The lowest BCUT2D eigenvalue weighted by molar-refractivity contribution is -0.139. The molecule has 1 amide bonds. The second-order valence-corrected chi connectivity index (χ2v) is 4.83. The molecule has 1 aromatic carbocycles. The van der Waals surface area contributed by atoms with Crippen LogP contribution in [0, 0.1) is 5.82 Å². The number of benzene rings is 1. The van der Waals surface area contributed by atoms with Gasteiger partial charge >= 0.3 is 5.97 Å². The third-order valence-electron chi connectivity index (χ3n) is 3.44. The van der Waals surface area contributed by atoms with Gasteiger partial charge < -0.3 is 14.8 Å². The van der Waals surface area contributed by atoms with Crippen LogP contribution < -0.4 is 5.32 Å². The lowest BCUT2D eigenvalue weighted by atomic mass is 9.89. The van der Waals surface area contributed by atoms with Crippen LogP contribution in [-0.4, -0.2) is 23.0 Å². The number of nitrogens with one attached hydrogen (secondary N) is 1. The fourth-order valence-electron chi connectivity index (χ4n) is 2.33. The van der Waals surface area contributed by atoms with Gasteiger partial charge in [0, 0.05) is 5.92 Å². The molecule has 1 aromatic heterocycles. The van der Waals surface area contributed by atoms with Gasteiger partial charge in [-0.3, -0.25) is 4.79 Å². The van der Waals surface area contributed by atoms with Crippen molar-refractivity contribution < 1.29 is 23.5 Å². The van der Waals surface area contributed by atoms with Gasteiger partial charge in [0.1, 0.15) is 11.9 Å². The molecule has 2 N–H and O–H groups in total. The molecular weight excluding hydrogens is 289 g/mol. The van der Waals surface area contributed by atoms with Crippen LogP contribution in [0.25, 0.3) is 0 Å². The molecule has 0 fully saturated rings. The van der Waals surface area contributed by atoms with E-state index < -0.39 is 29.7 Å². The SMILES string of the molecule is CCC(c1ccc(F)cc1)C(NC(=O)c1ccco1)C(=O)O. The number of aliphatic carboxylic acids is 1. The van der Waals surface area contributed by atoms with Gasteiger partial charge in [0.15, 0.2) is 5.76 Å². The highest BCUT2D eigenvalue weighted by atomic mass is 19.1. The predicted molar refractivity (Wildman–Crippen MR) is 77.0 cm³/mol. The zero-order chi connectivity index (χ0) is 16.1. The van der Waals surface area contributed by atoms with E-state index in [0.29, 0.717) is 12.0 Å². The Labute approximate surface area is 126 Å². The van der Waals surface area contributed by atoms with Crippen LogP contribution >= 0.6 is 0 Å². The number of hydrogen-bond donors (Lipinski definition) is 2. The zero-order valence-electron chi connectivity index (χ0n) is 12.0. The average molecular weight is 305 g/mol. The Kier molecular flexibility index (Phi) is 4.93. The first-order chi connectivity index (χ1) is 10.5. The zero-order valence-corrected chi connectivity index (χ0v) is 12.0. The highest BCUT2D eigenvalue weighted by Gasteiger charge is 2.30. The molecule has 0 saturated carbocycles. The van der Waals surface area contributed by atoms with Gasteiger partial charge in [0.25, 0.3) is 5.91 Å². The maximum absolute atomic E-state index is 13.0. The Balaban J connectivity index is 2.23. The minimum atomic E-state index is -1.16. The number of rotatable bonds is 6. The molecule has 5 nitrogen and oxygen atoms in total. The summed E-state index contributed by atoms with van der Waals surface area (Å²) in [5.74, 6) is -2.59. The van der Waals surface area contributed by atoms with Crippen molar-refractivity contribution in [3.05, 3.63) is 59.8 Å². The maximum atomic E-state index is 13.0. The van der Waals surface area contributed by atoms with E-state index in [0.717, 1.165) is 0 Å². The molecule has 0 aliphatic heterocycles. The van der Waals surface area contributed by atoms with E-state index in [9.17, 15) is 19.1 Å². The first kappa shape index (κ1) is 15.8. The number of carbonyl (C=O) groups excluding carboxylic acids is 1. The van der Waals surface area contributed by atoms with E-state index in [1.54, 1.807) is 6.07 Å². The minimum Gasteiger partial charge on any atom is -0.480 e. The summed E-state index contributed by atoms with van der Waals surface area (Å²) < 4.78 is 18.0. The van der Waals surface area contributed by atoms with E-state index in [2.05, 4.69) is 5.32 Å². The molecule has 0 radical (unpaired) electrons. The normalized spacial score (nSPS) is 13.4. The summed E-state index contributed by atoms with van der Waals surface area (Å²) in [5, 5.41) is 11.9. The largest absolute Gasteiger partial charge is 0.480 e. The molecule has 0 aliphatic rings. The first-order valence-electron chi connectivity index (χ1n) is 6.85. The average Bonchev–Trinajstić information content (AvgIpc) is 3.02. The molecule has 2 unspecified atom stereocenters. The van der Waals surface area contributed by atoms with Crippen LogP contribution in [0.5, 0.6) is 0 Å². The number of carboxylic acid groups (broad SMARTS) is 1. The van der Waals surface area contributed by atoms with Crippen molar-refractivity contribution >= 4 is 11.9 Å². The molecule has 22 heavy (non-hydrogen) atoms. The van der Waals surface area contributed by atoms with Crippen molar-refractivity contribution in [1.82, 2.24) is 5.32 Å². The number of carboxylic acids is 1. The number of halogens is 1. The number of hydrogen-bond acceptors (Lipinski definition) is 3. The fourth-order valence-corrected chi connectivity index (χ4v) is 2.33. The Morgan fingerprint density at radius 3 is 2.45 bits per heavy atom. The molecule has 0 aliphatic carbocycles. The molecule has 0 saturated heterocycles. The smallest absolute Gasteiger partial charge is 0.326 e. The van der Waals surface area contributed by atoms with Crippen molar-refractivity contribution in [2.75, 3.05) is 0 Å². The monoisotopic (exact) mass is 305 g/mol. The van der Waals surface area contributed by atoms with Crippen molar-refractivity contribution in [3.8, 4) is 0 Å². The van der Waals surface area contributed by atoms with Crippen molar-refractivity contribution in [2.24, 2.45) is 0 Å².